The Morgan fingerprint density at radius 2 is 0.863 bits per heavy atom. The van der Waals surface area contributed by atoms with Gasteiger partial charge < -0.3 is 24.0 Å². The molecule has 0 radical (unpaired) electrons. The molecule has 1 heterocycles. The first-order valence-corrected chi connectivity index (χ1v) is 20.5. The summed E-state index contributed by atoms with van der Waals surface area (Å²) in [6.07, 6.45) is 0.580. The van der Waals surface area contributed by atoms with Crippen LogP contribution in [0.2, 0.25) is 0 Å². The van der Waals surface area contributed by atoms with Gasteiger partial charge in [-0.05, 0) is 62.8 Å². The largest absolute Gasteiger partial charge is 0.378 e. The molecule has 1 saturated heterocycles. The molecule has 1 aliphatic heterocycles. The molecule has 3 rings (SSSR count). The van der Waals surface area contributed by atoms with Crippen LogP contribution in [0.15, 0.2) is 58.3 Å². The van der Waals surface area contributed by atoms with Crippen molar-refractivity contribution >= 4 is 31.9 Å². The van der Waals surface area contributed by atoms with E-state index in [1.807, 2.05) is 41.5 Å². The van der Waals surface area contributed by atoms with Crippen molar-refractivity contribution in [3.63, 3.8) is 0 Å². The number of hydrogen-bond acceptors (Lipinski definition) is 9. The minimum absolute atomic E-state index is 0.0252. The lowest BCUT2D eigenvalue weighted by atomic mass is 10.0. The highest BCUT2D eigenvalue weighted by Crippen LogP contribution is 2.17. The van der Waals surface area contributed by atoms with Crippen LogP contribution >= 0.6 is 0 Å². The van der Waals surface area contributed by atoms with Crippen LogP contribution in [0.4, 0.5) is 0 Å². The van der Waals surface area contributed by atoms with E-state index in [-0.39, 0.29) is 112 Å². The zero-order chi connectivity index (χ0) is 37.6. The summed E-state index contributed by atoms with van der Waals surface area (Å²) in [5.41, 5.74) is 1.84. The van der Waals surface area contributed by atoms with E-state index in [1.165, 1.54) is 34.1 Å². The summed E-state index contributed by atoms with van der Waals surface area (Å²) in [5, 5.41) is 0. The van der Waals surface area contributed by atoms with Crippen molar-refractivity contribution in [1.29, 1.82) is 0 Å². The molecule has 0 unspecified atom stereocenters. The normalized spacial score (nSPS) is 17.5. The van der Waals surface area contributed by atoms with E-state index >= 15 is 0 Å². The second kappa shape index (κ2) is 20.4. The van der Waals surface area contributed by atoms with Gasteiger partial charge in [-0.25, -0.2) is 16.8 Å². The molecule has 0 aliphatic carbocycles. The molecule has 51 heavy (non-hydrogen) atoms. The minimum Gasteiger partial charge on any atom is -0.378 e. The topological polar surface area (TPSA) is 161 Å². The fraction of sp³-hybridized carbons (Fsp3) is 0.611. The van der Waals surface area contributed by atoms with E-state index in [0.29, 0.717) is 0 Å². The number of aryl methyl sites for hydroxylation is 2. The van der Waals surface area contributed by atoms with E-state index in [4.69, 9.17) is 14.2 Å². The molecular weight excluding hydrogens is 697 g/mol. The molecule has 1 fully saturated rings. The smallest absolute Gasteiger partial charge is 0.241 e. The molecule has 2 N–H and O–H groups in total. The molecule has 0 spiro atoms. The second-order valence-corrected chi connectivity index (χ2v) is 17.1. The van der Waals surface area contributed by atoms with E-state index < -0.39 is 32.1 Å². The van der Waals surface area contributed by atoms with E-state index in [2.05, 4.69) is 9.44 Å². The summed E-state index contributed by atoms with van der Waals surface area (Å²) < 4.78 is 75.7. The molecule has 15 heteroatoms. The summed E-state index contributed by atoms with van der Waals surface area (Å²) in [6.45, 7) is 13.3. The van der Waals surface area contributed by atoms with E-state index in [1.54, 1.807) is 24.3 Å². The Hall–Kier alpha value is -2.92. The number of ether oxygens (including phenoxy) is 3. The van der Waals surface area contributed by atoms with E-state index in [0.717, 1.165) is 11.1 Å². The van der Waals surface area contributed by atoms with Gasteiger partial charge in [0.05, 0.1) is 49.4 Å². The van der Waals surface area contributed by atoms with Gasteiger partial charge in [-0.3, -0.25) is 9.59 Å². The number of nitrogens with zero attached hydrogens (tertiary/aromatic N) is 2. The third kappa shape index (κ3) is 14.2. The van der Waals surface area contributed by atoms with Crippen molar-refractivity contribution in [2.24, 2.45) is 11.8 Å². The number of hydrogen-bond donors (Lipinski definition) is 2. The molecule has 286 valence electrons. The first kappa shape index (κ1) is 42.5. The highest BCUT2D eigenvalue weighted by Gasteiger charge is 2.32. The Kier molecular flexibility index (Phi) is 17.0. The summed E-state index contributed by atoms with van der Waals surface area (Å²) in [7, 11) is -7.95. The van der Waals surface area contributed by atoms with Gasteiger partial charge in [-0.1, -0.05) is 63.1 Å². The van der Waals surface area contributed by atoms with Gasteiger partial charge in [0.25, 0.3) is 0 Å². The monoisotopic (exact) mass is 752 g/mol. The van der Waals surface area contributed by atoms with Crippen molar-refractivity contribution in [3.8, 4) is 0 Å². The number of amides is 2. The first-order chi connectivity index (χ1) is 24.1. The number of carbonyl (C=O) groups is 2. The highest BCUT2D eigenvalue weighted by molar-refractivity contribution is 7.89. The van der Waals surface area contributed by atoms with Crippen LogP contribution in [0.5, 0.6) is 0 Å². The Morgan fingerprint density at radius 3 is 1.16 bits per heavy atom. The second-order valence-electron chi connectivity index (χ2n) is 13.7. The fourth-order valence-electron chi connectivity index (χ4n) is 5.52. The Balaban J connectivity index is 1.72. The molecule has 1 aliphatic rings. The minimum atomic E-state index is -3.97. The molecule has 0 aromatic heterocycles. The maximum Gasteiger partial charge on any atom is 0.241 e. The molecule has 2 atom stereocenters. The molecule has 2 aromatic rings. The van der Waals surface area contributed by atoms with Crippen LogP contribution in [0.3, 0.4) is 0 Å². The summed E-state index contributed by atoms with van der Waals surface area (Å²) >= 11 is 0. The van der Waals surface area contributed by atoms with Gasteiger partial charge in [0.15, 0.2) is 0 Å². The Labute approximate surface area is 304 Å². The lowest BCUT2D eigenvalue weighted by Gasteiger charge is -2.29. The standard InChI is InChI=1S/C36H56N4O9S2/c1-27(2)25-33(37-50(43,44)31-11-7-29(5)8-12-31)35(41)39-15-19-47-20-16-40(18-22-49-24-23-48-21-17-39)36(42)34(26-28(3)4)38-51(45,46)32-13-9-30(6)10-14-32/h7-14,27-28,33-34,37-38H,15-26H2,1-6H3/t33-,34+. The van der Waals surface area contributed by atoms with Crippen LogP contribution in [0, 0.1) is 25.7 Å². The molecular formula is C36H56N4O9S2. The van der Waals surface area contributed by atoms with Crippen molar-refractivity contribution in [2.75, 3.05) is 65.8 Å². The average Bonchev–Trinajstić information content (AvgIpc) is 3.06. The first-order valence-electron chi connectivity index (χ1n) is 17.6. The summed E-state index contributed by atoms with van der Waals surface area (Å²) in [4.78, 5) is 31.0. The molecule has 2 aromatic carbocycles. The van der Waals surface area contributed by atoms with Crippen molar-refractivity contribution in [1.82, 2.24) is 19.2 Å². The van der Waals surface area contributed by atoms with Crippen LogP contribution in [-0.4, -0.2) is 116 Å². The summed E-state index contributed by atoms with van der Waals surface area (Å²) in [6, 6.07) is 10.9. The predicted octanol–water partition coefficient (Wildman–Crippen LogP) is 3.11. The van der Waals surface area contributed by atoms with Gasteiger partial charge in [0.1, 0.15) is 12.1 Å². The van der Waals surface area contributed by atoms with Crippen LogP contribution in [0.1, 0.15) is 51.7 Å². The number of nitrogens with one attached hydrogen (secondary N) is 2. The third-order valence-corrected chi connectivity index (χ3v) is 11.3. The van der Waals surface area contributed by atoms with Gasteiger partial charge in [-0.15, -0.1) is 0 Å². The van der Waals surface area contributed by atoms with Crippen molar-refractivity contribution in [3.05, 3.63) is 59.7 Å². The Bertz CT molecular complexity index is 1480. The number of benzene rings is 2. The van der Waals surface area contributed by atoms with E-state index in [9.17, 15) is 26.4 Å². The van der Waals surface area contributed by atoms with Gasteiger partial charge >= 0.3 is 0 Å². The average molecular weight is 753 g/mol. The zero-order valence-corrected chi connectivity index (χ0v) is 32.4. The number of rotatable bonds is 12. The third-order valence-electron chi connectivity index (χ3n) is 8.29. The maximum absolute atomic E-state index is 13.9. The summed E-state index contributed by atoms with van der Waals surface area (Å²) in [5.74, 6) is -0.725. The highest BCUT2D eigenvalue weighted by atomic mass is 32.2. The van der Waals surface area contributed by atoms with Crippen LogP contribution < -0.4 is 9.44 Å². The fourth-order valence-corrected chi connectivity index (χ4v) is 7.92. The lowest BCUT2D eigenvalue weighted by molar-refractivity contribution is -0.135. The maximum atomic E-state index is 13.9. The predicted molar refractivity (Wildman–Crippen MR) is 195 cm³/mol. The number of carbonyl (C=O) groups excluding carboxylic acids is 2. The Morgan fingerprint density at radius 1 is 0.569 bits per heavy atom. The van der Waals surface area contributed by atoms with Crippen molar-refractivity contribution in [2.45, 2.75) is 76.3 Å². The zero-order valence-electron chi connectivity index (χ0n) is 30.8. The van der Waals surface area contributed by atoms with Gasteiger partial charge in [0, 0.05) is 26.2 Å². The van der Waals surface area contributed by atoms with Crippen LogP contribution in [0.25, 0.3) is 0 Å². The van der Waals surface area contributed by atoms with Gasteiger partial charge in [0.2, 0.25) is 31.9 Å². The SMILES string of the molecule is Cc1ccc(S(=O)(=O)N[C@@H](CC(C)C)C(=O)N2CCOCCOCCN(C(=O)[C@@H](CC(C)C)NS(=O)(=O)c3ccc(C)cc3)CCOCC2)cc1. The quantitative estimate of drug-likeness (QED) is 0.332. The van der Waals surface area contributed by atoms with Gasteiger partial charge in [-0.2, -0.15) is 9.44 Å². The molecule has 13 nitrogen and oxygen atoms in total. The van der Waals surface area contributed by atoms with Crippen molar-refractivity contribution < 1.29 is 40.6 Å². The molecule has 0 bridgehead atoms. The molecule has 2 amide bonds. The van der Waals surface area contributed by atoms with Crippen LogP contribution in [-0.2, 0) is 43.8 Å². The molecule has 0 saturated carbocycles. The lowest BCUT2D eigenvalue weighted by Crippen LogP contribution is -2.51. The number of sulfonamides is 2.